The molecule has 62 valence electrons. The fourth-order valence-corrected chi connectivity index (χ4v) is 0.868. The highest BCUT2D eigenvalue weighted by atomic mass is 35.5. The zero-order valence-electron chi connectivity index (χ0n) is 5.65. The van der Waals surface area contributed by atoms with E-state index in [1.54, 1.807) is 0 Å². The summed E-state index contributed by atoms with van der Waals surface area (Å²) in [5.74, 6) is 0. The Hall–Kier alpha value is 0.110. The molecule has 0 bridgehead atoms. The Morgan fingerprint density at radius 1 is 1.40 bits per heavy atom. The average Bonchev–Trinajstić information content (AvgIpc) is 1.60. The highest BCUT2D eigenvalue weighted by Gasteiger charge is 2.17. The molecular formula is C6H12ClF2N. The van der Waals surface area contributed by atoms with Crippen LogP contribution in [-0.2, 0) is 0 Å². The predicted octanol–water partition coefficient (Wildman–Crippen LogP) is 1.82. The van der Waals surface area contributed by atoms with E-state index in [1.165, 1.54) is 6.42 Å². The predicted molar refractivity (Wildman–Crippen MR) is 38.9 cm³/mol. The van der Waals surface area contributed by atoms with Crippen molar-refractivity contribution in [2.75, 3.05) is 6.54 Å². The summed E-state index contributed by atoms with van der Waals surface area (Å²) in [5, 5.41) is 2.77. The third kappa shape index (κ3) is 3.32. The first-order chi connectivity index (χ1) is 4.29. The molecule has 0 saturated heterocycles. The van der Waals surface area contributed by atoms with Crippen LogP contribution in [0.15, 0.2) is 0 Å². The molecule has 0 heterocycles. The molecule has 0 aromatic heterocycles. The molecule has 0 radical (unpaired) electrons. The summed E-state index contributed by atoms with van der Waals surface area (Å²) in [6.07, 6.45) is 1.16. The van der Waals surface area contributed by atoms with Gasteiger partial charge in [-0.05, 0) is 12.8 Å². The van der Waals surface area contributed by atoms with E-state index >= 15 is 0 Å². The van der Waals surface area contributed by atoms with Crippen LogP contribution < -0.4 is 5.32 Å². The second-order valence-electron chi connectivity index (χ2n) is 2.43. The second kappa shape index (κ2) is 4.85. The van der Waals surface area contributed by atoms with Gasteiger partial charge in [-0.2, -0.15) is 0 Å². The molecule has 0 aromatic carbocycles. The molecule has 0 unspecified atom stereocenters. The highest BCUT2D eigenvalue weighted by molar-refractivity contribution is 5.85. The van der Waals surface area contributed by atoms with Gasteiger partial charge in [0.15, 0.2) is 0 Å². The van der Waals surface area contributed by atoms with Crippen molar-refractivity contribution in [3.63, 3.8) is 0 Å². The maximum Gasteiger partial charge on any atom is 0.250 e. The molecule has 10 heavy (non-hydrogen) atoms. The van der Waals surface area contributed by atoms with Crippen LogP contribution in [0.4, 0.5) is 8.78 Å². The summed E-state index contributed by atoms with van der Waals surface area (Å²) in [5.41, 5.74) is 0. The number of hydrogen-bond donors (Lipinski definition) is 1. The van der Waals surface area contributed by atoms with Gasteiger partial charge in [-0.25, -0.2) is 8.78 Å². The maximum absolute atomic E-state index is 11.5. The van der Waals surface area contributed by atoms with Crippen LogP contribution in [0.2, 0.25) is 0 Å². The van der Waals surface area contributed by atoms with Crippen molar-refractivity contribution in [3.05, 3.63) is 0 Å². The lowest BCUT2D eigenvalue weighted by Crippen LogP contribution is -2.37. The van der Waals surface area contributed by atoms with Gasteiger partial charge < -0.3 is 5.32 Å². The van der Waals surface area contributed by atoms with Gasteiger partial charge in [0, 0.05) is 6.04 Å². The maximum atomic E-state index is 11.5. The lowest BCUT2D eigenvalue weighted by Gasteiger charge is -2.26. The third-order valence-corrected chi connectivity index (χ3v) is 1.67. The second-order valence-corrected chi connectivity index (χ2v) is 2.43. The van der Waals surface area contributed by atoms with Crippen LogP contribution in [0.1, 0.15) is 19.3 Å². The summed E-state index contributed by atoms with van der Waals surface area (Å²) in [4.78, 5) is 0. The fraction of sp³-hybridized carbons (Fsp3) is 1.00. The van der Waals surface area contributed by atoms with Crippen LogP contribution >= 0.6 is 12.4 Å². The molecule has 0 aromatic rings. The quantitative estimate of drug-likeness (QED) is 0.683. The van der Waals surface area contributed by atoms with Crippen molar-refractivity contribution in [2.24, 2.45) is 0 Å². The zero-order chi connectivity index (χ0) is 6.69. The standard InChI is InChI=1S/C6H11F2N.ClH/c7-6(8)4-9-5-2-1-3-5;/h5-6,9H,1-4H2;1H. The van der Waals surface area contributed by atoms with E-state index in [2.05, 4.69) is 5.32 Å². The van der Waals surface area contributed by atoms with Crippen LogP contribution in [0, 0.1) is 0 Å². The smallest absolute Gasteiger partial charge is 0.250 e. The fourth-order valence-electron chi connectivity index (χ4n) is 0.868. The number of nitrogens with one attached hydrogen (secondary N) is 1. The van der Waals surface area contributed by atoms with Gasteiger partial charge in [-0.15, -0.1) is 12.4 Å². The Balaban J connectivity index is 0.000000810. The van der Waals surface area contributed by atoms with E-state index < -0.39 is 6.43 Å². The first-order valence-electron chi connectivity index (χ1n) is 3.30. The minimum absolute atomic E-state index is 0. The molecule has 0 atom stereocenters. The first kappa shape index (κ1) is 10.1. The van der Waals surface area contributed by atoms with Gasteiger partial charge in [0.2, 0.25) is 0 Å². The molecule has 0 amide bonds. The summed E-state index contributed by atoms with van der Waals surface area (Å²) in [6, 6.07) is 0.388. The molecule has 0 spiro atoms. The van der Waals surface area contributed by atoms with Crippen molar-refractivity contribution < 1.29 is 8.78 Å². The van der Waals surface area contributed by atoms with E-state index in [-0.39, 0.29) is 19.0 Å². The molecule has 1 N–H and O–H groups in total. The monoisotopic (exact) mass is 171 g/mol. The van der Waals surface area contributed by atoms with E-state index in [4.69, 9.17) is 0 Å². The first-order valence-corrected chi connectivity index (χ1v) is 3.30. The Labute approximate surface area is 65.6 Å². The number of alkyl halides is 2. The van der Waals surface area contributed by atoms with Gasteiger partial charge in [0.25, 0.3) is 6.43 Å². The molecule has 1 aliphatic carbocycles. The lowest BCUT2D eigenvalue weighted by molar-refractivity contribution is 0.134. The van der Waals surface area contributed by atoms with Gasteiger partial charge in [0.1, 0.15) is 0 Å². The summed E-state index contributed by atoms with van der Waals surface area (Å²) in [7, 11) is 0. The van der Waals surface area contributed by atoms with Crippen molar-refractivity contribution in [2.45, 2.75) is 31.7 Å². The normalized spacial score (nSPS) is 18.3. The van der Waals surface area contributed by atoms with Crippen molar-refractivity contribution in [1.29, 1.82) is 0 Å². The van der Waals surface area contributed by atoms with Crippen molar-refractivity contribution >= 4 is 12.4 Å². The molecule has 0 aliphatic heterocycles. The topological polar surface area (TPSA) is 12.0 Å². The highest BCUT2D eigenvalue weighted by Crippen LogP contribution is 2.17. The molecule has 1 saturated carbocycles. The molecule has 1 nitrogen and oxygen atoms in total. The van der Waals surface area contributed by atoms with Crippen LogP contribution in [0.5, 0.6) is 0 Å². The van der Waals surface area contributed by atoms with Crippen molar-refractivity contribution in [3.8, 4) is 0 Å². The number of hydrogen-bond acceptors (Lipinski definition) is 1. The largest absolute Gasteiger partial charge is 0.309 e. The van der Waals surface area contributed by atoms with E-state index in [1.807, 2.05) is 0 Å². The Morgan fingerprint density at radius 3 is 2.30 bits per heavy atom. The SMILES string of the molecule is Cl.FC(F)CNC1CCC1. The molecular weight excluding hydrogens is 160 g/mol. The molecule has 1 aliphatic rings. The molecule has 1 rings (SSSR count). The number of halogens is 3. The Kier molecular flexibility index (Phi) is 4.91. The minimum Gasteiger partial charge on any atom is -0.309 e. The van der Waals surface area contributed by atoms with Gasteiger partial charge >= 0.3 is 0 Å². The van der Waals surface area contributed by atoms with Gasteiger partial charge in [-0.3, -0.25) is 0 Å². The Bertz CT molecular complexity index is 85.8. The Morgan fingerprint density at radius 2 is 2.00 bits per heavy atom. The lowest BCUT2D eigenvalue weighted by atomic mass is 9.93. The average molecular weight is 172 g/mol. The molecule has 4 heteroatoms. The van der Waals surface area contributed by atoms with Crippen LogP contribution in [0.3, 0.4) is 0 Å². The van der Waals surface area contributed by atoms with Crippen LogP contribution in [0.25, 0.3) is 0 Å². The van der Waals surface area contributed by atoms with E-state index in [0.29, 0.717) is 6.04 Å². The molecule has 1 fully saturated rings. The summed E-state index contributed by atoms with van der Waals surface area (Å²) in [6.45, 7) is -0.134. The zero-order valence-corrected chi connectivity index (χ0v) is 6.46. The summed E-state index contributed by atoms with van der Waals surface area (Å²) >= 11 is 0. The summed E-state index contributed by atoms with van der Waals surface area (Å²) < 4.78 is 23.0. The van der Waals surface area contributed by atoms with E-state index in [9.17, 15) is 8.78 Å². The van der Waals surface area contributed by atoms with Gasteiger partial charge in [0.05, 0.1) is 6.54 Å². The van der Waals surface area contributed by atoms with Crippen molar-refractivity contribution in [1.82, 2.24) is 5.32 Å². The van der Waals surface area contributed by atoms with E-state index in [0.717, 1.165) is 12.8 Å². The third-order valence-electron chi connectivity index (χ3n) is 1.67. The number of rotatable bonds is 3. The van der Waals surface area contributed by atoms with Crippen LogP contribution in [-0.4, -0.2) is 19.0 Å². The minimum atomic E-state index is -2.19. The van der Waals surface area contributed by atoms with Gasteiger partial charge in [-0.1, -0.05) is 6.42 Å².